The molecule has 0 unspecified atom stereocenters. The van der Waals surface area contributed by atoms with Gasteiger partial charge < -0.3 is 9.47 Å². The highest BCUT2D eigenvalue weighted by Gasteiger charge is 2.22. The van der Waals surface area contributed by atoms with E-state index in [1.807, 2.05) is 6.07 Å². The predicted molar refractivity (Wildman–Crippen MR) is 142 cm³/mol. The monoisotopic (exact) mass is 501 g/mol. The van der Waals surface area contributed by atoms with Gasteiger partial charge in [-0.15, -0.1) is 0 Å². The first-order valence-electron chi connectivity index (χ1n) is 12.6. The third-order valence-electron chi connectivity index (χ3n) is 6.94. The summed E-state index contributed by atoms with van der Waals surface area (Å²) in [6.45, 7) is 3.69. The lowest BCUT2D eigenvalue weighted by atomic mass is 9.89. The summed E-state index contributed by atoms with van der Waals surface area (Å²) in [6, 6.07) is 19.8. The van der Waals surface area contributed by atoms with Gasteiger partial charge in [0.1, 0.15) is 18.1 Å². The largest absolute Gasteiger partial charge is 0.497 e. The molecule has 0 atom stereocenters. The zero-order valence-corrected chi connectivity index (χ0v) is 20.8. The van der Waals surface area contributed by atoms with E-state index in [-0.39, 0.29) is 11.3 Å². The van der Waals surface area contributed by atoms with E-state index < -0.39 is 11.6 Å². The van der Waals surface area contributed by atoms with Crippen LogP contribution in [0.4, 0.5) is 8.78 Å². The van der Waals surface area contributed by atoms with Gasteiger partial charge in [0.25, 0.3) is 0 Å². The van der Waals surface area contributed by atoms with Crippen molar-refractivity contribution in [2.45, 2.75) is 19.3 Å². The number of fused-ring (bicyclic) bond motifs is 1. The predicted octanol–water partition coefficient (Wildman–Crippen LogP) is 6.89. The molecule has 4 aromatic carbocycles. The van der Waals surface area contributed by atoms with Gasteiger partial charge in [-0.3, -0.25) is 9.69 Å². The summed E-state index contributed by atoms with van der Waals surface area (Å²) in [7, 11) is 1.57. The Morgan fingerprint density at radius 2 is 1.62 bits per heavy atom. The van der Waals surface area contributed by atoms with Crippen LogP contribution >= 0.6 is 0 Å². The first-order valence-corrected chi connectivity index (χ1v) is 12.6. The molecule has 4 nitrogen and oxygen atoms in total. The number of hydrogen-bond donors (Lipinski definition) is 0. The molecule has 1 aliphatic heterocycles. The summed E-state index contributed by atoms with van der Waals surface area (Å²) < 4.78 is 40.2. The second-order valence-corrected chi connectivity index (χ2v) is 9.28. The molecule has 0 saturated carbocycles. The summed E-state index contributed by atoms with van der Waals surface area (Å²) in [6.07, 6.45) is 3.77. The third kappa shape index (κ3) is 5.35. The maximum absolute atomic E-state index is 14.8. The first kappa shape index (κ1) is 24.9. The van der Waals surface area contributed by atoms with Crippen molar-refractivity contribution in [3.8, 4) is 22.6 Å². The van der Waals surface area contributed by atoms with Crippen LogP contribution in [0.1, 0.15) is 35.2 Å². The van der Waals surface area contributed by atoms with E-state index >= 15 is 0 Å². The fourth-order valence-corrected chi connectivity index (χ4v) is 4.94. The Kier molecular flexibility index (Phi) is 7.47. The molecule has 1 aliphatic rings. The summed E-state index contributed by atoms with van der Waals surface area (Å²) >= 11 is 0. The van der Waals surface area contributed by atoms with Crippen LogP contribution in [0.3, 0.4) is 0 Å². The molecule has 37 heavy (non-hydrogen) atoms. The van der Waals surface area contributed by atoms with Crippen LogP contribution in [0, 0.1) is 11.6 Å². The van der Waals surface area contributed by atoms with Crippen LogP contribution in [0.15, 0.2) is 72.8 Å². The molecule has 0 spiro atoms. The lowest BCUT2D eigenvalue weighted by Crippen LogP contribution is -2.33. The van der Waals surface area contributed by atoms with Gasteiger partial charge in [-0.1, -0.05) is 30.7 Å². The van der Waals surface area contributed by atoms with Crippen molar-refractivity contribution >= 4 is 16.6 Å². The molecule has 0 aromatic heterocycles. The SMILES string of the molecule is COc1ccc2c(C(=O)c3ccc(OCCN4CCCCC4)cc3)c(-c3cccc(F)c3F)ccc2c1. The minimum absolute atomic E-state index is 0.0405. The van der Waals surface area contributed by atoms with Crippen LogP contribution in [-0.4, -0.2) is 44.0 Å². The number of halogens is 2. The average molecular weight is 502 g/mol. The highest BCUT2D eigenvalue weighted by Crippen LogP contribution is 2.35. The highest BCUT2D eigenvalue weighted by molar-refractivity contribution is 6.20. The summed E-state index contributed by atoms with van der Waals surface area (Å²) in [5, 5.41) is 1.40. The van der Waals surface area contributed by atoms with Gasteiger partial charge in [-0.25, -0.2) is 8.78 Å². The number of hydrogen-bond acceptors (Lipinski definition) is 4. The van der Waals surface area contributed by atoms with Crippen LogP contribution in [0.25, 0.3) is 21.9 Å². The van der Waals surface area contributed by atoms with Gasteiger partial charge in [0, 0.05) is 23.2 Å². The number of benzene rings is 4. The number of rotatable bonds is 8. The molecule has 1 heterocycles. The van der Waals surface area contributed by atoms with Crippen LogP contribution in [0.5, 0.6) is 11.5 Å². The number of carbonyl (C=O) groups is 1. The molecule has 190 valence electrons. The van der Waals surface area contributed by atoms with Crippen molar-refractivity contribution in [1.82, 2.24) is 4.90 Å². The fourth-order valence-electron chi connectivity index (χ4n) is 4.94. The average Bonchev–Trinajstić information content (AvgIpc) is 2.94. The van der Waals surface area contributed by atoms with Gasteiger partial charge in [0.2, 0.25) is 0 Å². The van der Waals surface area contributed by atoms with E-state index in [4.69, 9.17) is 9.47 Å². The van der Waals surface area contributed by atoms with Crippen molar-refractivity contribution in [1.29, 1.82) is 0 Å². The van der Waals surface area contributed by atoms with E-state index in [9.17, 15) is 13.6 Å². The number of likely N-dealkylation sites (tertiary alicyclic amines) is 1. The van der Waals surface area contributed by atoms with E-state index in [0.717, 1.165) is 31.1 Å². The zero-order valence-electron chi connectivity index (χ0n) is 20.8. The molecule has 0 bridgehead atoms. The summed E-state index contributed by atoms with van der Waals surface area (Å²) in [4.78, 5) is 16.2. The normalized spacial score (nSPS) is 14.0. The Labute approximate surface area is 215 Å². The Hall–Kier alpha value is -3.77. The minimum Gasteiger partial charge on any atom is -0.497 e. The zero-order chi connectivity index (χ0) is 25.8. The van der Waals surface area contributed by atoms with Crippen molar-refractivity contribution in [3.05, 3.63) is 95.6 Å². The van der Waals surface area contributed by atoms with E-state index in [1.165, 1.54) is 31.4 Å². The van der Waals surface area contributed by atoms with E-state index in [0.29, 0.717) is 40.2 Å². The third-order valence-corrected chi connectivity index (χ3v) is 6.94. The number of ketones is 1. The number of methoxy groups -OCH3 is 1. The number of nitrogens with zero attached hydrogens (tertiary/aromatic N) is 1. The van der Waals surface area contributed by atoms with Crippen molar-refractivity contribution in [2.75, 3.05) is 33.4 Å². The van der Waals surface area contributed by atoms with Gasteiger partial charge in [-0.2, -0.15) is 0 Å². The highest BCUT2D eigenvalue weighted by atomic mass is 19.2. The molecule has 0 amide bonds. The minimum atomic E-state index is -0.984. The quantitative estimate of drug-likeness (QED) is 0.247. The maximum atomic E-state index is 14.8. The molecule has 0 radical (unpaired) electrons. The lowest BCUT2D eigenvalue weighted by Gasteiger charge is -2.26. The second kappa shape index (κ2) is 11.1. The number of carbonyl (C=O) groups excluding carboxylic acids is 1. The van der Waals surface area contributed by atoms with Gasteiger partial charge >= 0.3 is 0 Å². The lowest BCUT2D eigenvalue weighted by molar-refractivity contribution is 0.104. The second-order valence-electron chi connectivity index (χ2n) is 9.28. The first-order chi connectivity index (χ1) is 18.0. The Bertz CT molecular complexity index is 1410. The van der Waals surface area contributed by atoms with Crippen LogP contribution in [-0.2, 0) is 0 Å². The van der Waals surface area contributed by atoms with Crippen molar-refractivity contribution in [2.24, 2.45) is 0 Å². The molecule has 1 saturated heterocycles. The molecular formula is C31H29F2NO3. The van der Waals surface area contributed by atoms with E-state index in [2.05, 4.69) is 4.90 Å². The molecule has 5 rings (SSSR count). The molecular weight excluding hydrogens is 472 g/mol. The molecule has 4 aromatic rings. The van der Waals surface area contributed by atoms with Crippen LogP contribution < -0.4 is 9.47 Å². The fraction of sp³-hybridized carbons (Fsp3) is 0.258. The summed E-state index contributed by atoms with van der Waals surface area (Å²) in [5.41, 5.74) is 1.12. The van der Waals surface area contributed by atoms with Crippen LogP contribution in [0.2, 0.25) is 0 Å². The van der Waals surface area contributed by atoms with Gasteiger partial charge in [-0.05, 0) is 90.8 Å². The molecule has 6 heteroatoms. The van der Waals surface area contributed by atoms with Gasteiger partial charge in [0.05, 0.1) is 7.11 Å². The smallest absolute Gasteiger partial charge is 0.194 e. The van der Waals surface area contributed by atoms with E-state index in [1.54, 1.807) is 55.6 Å². The maximum Gasteiger partial charge on any atom is 0.194 e. The summed E-state index contributed by atoms with van der Waals surface area (Å²) in [5.74, 6) is -0.901. The van der Waals surface area contributed by atoms with Gasteiger partial charge in [0.15, 0.2) is 17.4 Å². The number of piperidine rings is 1. The van der Waals surface area contributed by atoms with Crippen molar-refractivity contribution < 1.29 is 23.0 Å². The molecule has 0 N–H and O–H groups in total. The molecule has 1 fully saturated rings. The Morgan fingerprint density at radius 1 is 0.865 bits per heavy atom. The van der Waals surface area contributed by atoms with Crippen molar-refractivity contribution in [3.63, 3.8) is 0 Å². The standard InChI is InChI=1S/C31H29F2NO3/c1-36-24-13-15-25-22(20-24)10-14-26(27-6-5-7-28(32)30(27)33)29(25)31(35)21-8-11-23(12-9-21)37-19-18-34-16-3-2-4-17-34/h5-15,20H,2-4,16-19H2,1H3. The Balaban J connectivity index is 1.46. The Morgan fingerprint density at radius 3 is 2.38 bits per heavy atom. The number of ether oxygens (including phenoxy) is 2. The topological polar surface area (TPSA) is 38.8 Å². The molecule has 0 aliphatic carbocycles.